The van der Waals surface area contributed by atoms with Gasteiger partial charge in [-0.1, -0.05) is 19.4 Å². The van der Waals surface area contributed by atoms with Crippen LogP contribution in [0.2, 0.25) is 0 Å². The third-order valence-corrected chi connectivity index (χ3v) is 4.38. The van der Waals surface area contributed by atoms with Crippen LogP contribution in [0.1, 0.15) is 0 Å². The molecular formula is C7H4Br2F5NO3S. The number of nitrogens with zero attached hydrogens (tertiary/aromatic N) is 1. The van der Waals surface area contributed by atoms with E-state index in [2.05, 4.69) is 36.6 Å². The Kier molecular flexibility index (Phi) is 3.41. The maximum absolute atomic E-state index is 12.8. The Hall–Kier alpha value is -0.620. The predicted octanol–water partition coefficient (Wildman–Crippen LogP) is 5.79. The van der Waals surface area contributed by atoms with Crippen molar-refractivity contribution in [3.63, 3.8) is 0 Å². The third kappa shape index (κ3) is 3.28. The van der Waals surface area contributed by atoms with E-state index in [0.717, 1.165) is 7.11 Å². The first-order valence-electron chi connectivity index (χ1n) is 4.13. The summed E-state index contributed by atoms with van der Waals surface area (Å²) in [5, 5.41) is 10.6. The molecule has 0 aliphatic carbocycles. The minimum absolute atomic E-state index is 0.0662. The number of hydrogen-bond donors (Lipinski definition) is 0. The second-order valence-corrected chi connectivity index (χ2v) is 7.30. The molecule has 19 heavy (non-hydrogen) atoms. The summed E-state index contributed by atoms with van der Waals surface area (Å²) in [6.45, 7) is 0. The molecule has 12 heteroatoms. The van der Waals surface area contributed by atoms with Gasteiger partial charge in [-0.3, -0.25) is 10.1 Å². The molecule has 0 radical (unpaired) electrons. The van der Waals surface area contributed by atoms with Crippen molar-refractivity contribution in [2.24, 2.45) is 0 Å². The highest BCUT2D eigenvalue weighted by Gasteiger charge is 2.69. The zero-order chi connectivity index (χ0) is 15.3. The number of rotatable bonds is 3. The molecule has 110 valence electrons. The summed E-state index contributed by atoms with van der Waals surface area (Å²) >= 11 is 5.06. The van der Waals surface area contributed by atoms with Gasteiger partial charge < -0.3 is 4.74 Å². The first-order chi connectivity index (χ1) is 8.18. The molecule has 4 nitrogen and oxygen atoms in total. The molecule has 0 saturated heterocycles. The number of halogens is 7. The average molecular weight is 437 g/mol. The zero-order valence-electron chi connectivity index (χ0n) is 8.80. The SMILES string of the molecule is COc1c(Br)cc(S(F)(F)(F)(F)F)c([N+](=O)[O-])c1Br. The van der Waals surface area contributed by atoms with Crippen LogP contribution in [0, 0.1) is 10.1 Å². The molecule has 0 aromatic heterocycles. The van der Waals surface area contributed by atoms with Crippen LogP contribution in [0.5, 0.6) is 5.75 Å². The quantitative estimate of drug-likeness (QED) is 0.342. The number of benzene rings is 1. The molecule has 0 aliphatic heterocycles. The van der Waals surface area contributed by atoms with Crippen molar-refractivity contribution >= 4 is 47.8 Å². The van der Waals surface area contributed by atoms with Gasteiger partial charge in [0.1, 0.15) is 4.47 Å². The molecule has 1 aromatic rings. The Morgan fingerprint density at radius 1 is 1.26 bits per heavy atom. The Balaban J connectivity index is 3.94. The Labute approximate surface area is 120 Å². The normalized spacial score (nSPS) is 15.6. The van der Waals surface area contributed by atoms with Crippen LogP contribution >= 0.6 is 42.1 Å². The summed E-state index contributed by atoms with van der Waals surface area (Å²) in [6.07, 6.45) is 0. The Morgan fingerprint density at radius 2 is 1.74 bits per heavy atom. The molecule has 0 saturated carbocycles. The number of methoxy groups -OCH3 is 1. The van der Waals surface area contributed by atoms with E-state index in [-0.39, 0.29) is 6.07 Å². The summed E-state index contributed by atoms with van der Waals surface area (Å²) < 4.78 is 67.2. The molecule has 0 N–H and O–H groups in total. The second kappa shape index (κ2) is 3.95. The molecule has 0 bridgehead atoms. The number of nitro benzene ring substituents is 1. The predicted molar refractivity (Wildman–Crippen MR) is 66.4 cm³/mol. The highest BCUT2D eigenvalue weighted by molar-refractivity contribution is 9.11. The lowest BCUT2D eigenvalue weighted by molar-refractivity contribution is -0.389. The van der Waals surface area contributed by atoms with E-state index in [1.807, 2.05) is 0 Å². The van der Waals surface area contributed by atoms with Gasteiger partial charge in [0.05, 0.1) is 16.5 Å². The van der Waals surface area contributed by atoms with Gasteiger partial charge in [-0.15, -0.1) is 0 Å². The van der Waals surface area contributed by atoms with Crippen LogP contribution in [0.3, 0.4) is 0 Å². The Morgan fingerprint density at radius 3 is 2.05 bits per heavy atom. The van der Waals surface area contributed by atoms with Crippen molar-refractivity contribution in [1.82, 2.24) is 0 Å². The van der Waals surface area contributed by atoms with E-state index >= 15 is 0 Å². The topological polar surface area (TPSA) is 52.4 Å². The largest absolute Gasteiger partial charge is 0.494 e. The summed E-state index contributed by atoms with van der Waals surface area (Å²) in [4.78, 5) is 6.50. The second-order valence-electron chi connectivity index (χ2n) is 3.28. The molecule has 0 aliphatic rings. The van der Waals surface area contributed by atoms with E-state index in [0.29, 0.717) is 0 Å². The van der Waals surface area contributed by atoms with E-state index in [9.17, 15) is 29.5 Å². The van der Waals surface area contributed by atoms with Crippen molar-refractivity contribution in [2.45, 2.75) is 4.90 Å². The first kappa shape index (κ1) is 16.4. The smallest absolute Gasteiger partial charge is 0.316 e. The van der Waals surface area contributed by atoms with Crippen LogP contribution in [-0.2, 0) is 0 Å². The van der Waals surface area contributed by atoms with Crippen LogP contribution in [0.15, 0.2) is 19.9 Å². The first-order valence-corrected chi connectivity index (χ1v) is 7.67. The van der Waals surface area contributed by atoms with Crippen LogP contribution in [-0.4, -0.2) is 12.0 Å². The fraction of sp³-hybridized carbons (Fsp3) is 0.143. The van der Waals surface area contributed by atoms with Crippen LogP contribution in [0.4, 0.5) is 25.1 Å². The van der Waals surface area contributed by atoms with Crippen molar-refractivity contribution in [2.75, 3.05) is 7.11 Å². The van der Waals surface area contributed by atoms with E-state index in [4.69, 9.17) is 0 Å². The number of hydrogen-bond acceptors (Lipinski definition) is 3. The molecule has 0 heterocycles. The fourth-order valence-electron chi connectivity index (χ4n) is 1.22. The van der Waals surface area contributed by atoms with Crippen molar-refractivity contribution in [1.29, 1.82) is 0 Å². The summed E-state index contributed by atoms with van der Waals surface area (Å²) in [6, 6.07) is -0.0662. The lowest BCUT2D eigenvalue weighted by Gasteiger charge is -2.40. The van der Waals surface area contributed by atoms with Crippen LogP contribution < -0.4 is 4.74 Å². The number of ether oxygens (including phenoxy) is 1. The van der Waals surface area contributed by atoms with E-state index in [1.54, 1.807) is 0 Å². The fourth-order valence-corrected chi connectivity index (χ4v) is 3.98. The summed E-state index contributed by atoms with van der Waals surface area (Å²) in [5.41, 5.74) is -1.79. The van der Waals surface area contributed by atoms with Gasteiger partial charge in [-0.2, -0.15) is 0 Å². The van der Waals surface area contributed by atoms with Gasteiger partial charge in [0, 0.05) is 0 Å². The molecule has 1 rings (SSSR count). The molecular weight excluding hydrogens is 433 g/mol. The molecule has 0 atom stereocenters. The maximum Gasteiger partial charge on any atom is 0.316 e. The standard InChI is InChI=1S/C7H4Br2F5NO3S/c1-18-7-3(8)2-4(19(10,11,12,13)14)6(5(7)9)15(16)17/h2H,1H3. The maximum atomic E-state index is 12.8. The van der Waals surface area contributed by atoms with E-state index < -0.39 is 40.4 Å². The summed E-state index contributed by atoms with van der Waals surface area (Å²) in [7, 11) is -9.19. The van der Waals surface area contributed by atoms with E-state index in [1.165, 1.54) is 0 Å². The Bertz CT molecular complexity index is 576. The molecule has 0 fully saturated rings. The van der Waals surface area contributed by atoms with Crippen molar-refractivity contribution < 1.29 is 29.1 Å². The van der Waals surface area contributed by atoms with Gasteiger partial charge in [0.15, 0.2) is 10.6 Å². The van der Waals surface area contributed by atoms with Gasteiger partial charge >= 0.3 is 15.9 Å². The minimum Gasteiger partial charge on any atom is -0.494 e. The molecule has 1 aromatic carbocycles. The van der Waals surface area contributed by atoms with Gasteiger partial charge in [-0.25, -0.2) is 0 Å². The number of nitro groups is 1. The minimum atomic E-state index is -10.2. The highest BCUT2D eigenvalue weighted by Crippen LogP contribution is 3.03. The zero-order valence-corrected chi connectivity index (χ0v) is 12.8. The monoisotopic (exact) mass is 435 g/mol. The lowest BCUT2D eigenvalue weighted by Crippen LogP contribution is -2.10. The van der Waals surface area contributed by atoms with Gasteiger partial charge in [0.2, 0.25) is 0 Å². The van der Waals surface area contributed by atoms with Crippen molar-refractivity contribution in [3.05, 3.63) is 25.1 Å². The average Bonchev–Trinajstić information content (AvgIpc) is 2.12. The van der Waals surface area contributed by atoms with Crippen LogP contribution in [0.25, 0.3) is 0 Å². The third-order valence-electron chi connectivity index (χ3n) is 1.92. The van der Waals surface area contributed by atoms with Crippen molar-refractivity contribution in [3.8, 4) is 5.75 Å². The summed E-state index contributed by atoms with van der Waals surface area (Å²) in [5.74, 6) is -0.391. The van der Waals surface area contributed by atoms with Gasteiger partial charge in [-0.05, 0) is 37.9 Å². The highest BCUT2D eigenvalue weighted by atomic mass is 79.9. The molecule has 0 spiro atoms. The van der Waals surface area contributed by atoms with Gasteiger partial charge in [0.25, 0.3) is 0 Å². The molecule has 0 amide bonds. The lowest BCUT2D eigenvalue weighted by atomic mass is 10.3. The molecule has 0 unspecified atom stereocenters.